The van der Waals surface area contributed by atoms with E-state index in [1.807, 2.05) is 0 Å². The average Bonchev–Trinajstić information content (AvgIpc) is 2.65. The number of anilines is 1. The van der Waals surface area contributed by atoms with Crippen LogP contribution >= 0.6 is 0 Å². The molecule has 0 aromatic heterocycles. The maximum absolute atomic E-state index is 10.9. The number of azo groups is 1. The summed E-state index contributed by atoms with van der Waals surface area (Å²) in [6.45, 7) is 0. The molecule has 26 heavy (non-hydrogen) atoms. The van der Waals surface area contributed by atoms with Crippen LogP contribution < -0.4 is 24.3 Å². The molecule has 1 amide bonds. The molecule has 0 unspecified atom stereocenters. The molecule has 0 saturated carbocycles. The quantitative estimate of drug-likeness (QED) is 0.714. The number of rotatable bonds is 7. The highest BCUT2D eigenvalue weighted by Gasteiger charge is 2.13. The van der Waals surface area contributed by atoms with Crippen LogP contribution in [0.1, 0.15) is 0 Å². The predicted molar refractivity (Wildman–Crippen MR) is 94.9 cm³/mol. The Bertz CT molecular complexity index is 797. The first-order valence-electron chi connectivity index (χ1n) is 7.42. The van der Waals surface area contributed by atoms with Gasteiger partial charge in [0.15, 0.2) is 11.5 Å². The molecule has 2 aromatic rings. The van der Waals surface area contributed by atoms with Crippen molar-refractivity contribution in [2.24, 2.45) is 10.2 Å². The number of hydrogen-bond donors (Lipinski definition) is 2. The molecule has 9 nitrogen and oxygen atoms in total. The molecule has 2 aromatic carbocycles. The summed E-state index contributed by atoms with van der Waals surface area (Å²) in [7, 11) is 5.96. The zero-order valence-electron chi connectivity index (χ0n) is 14.8. The molecule has 0 aliphatic carbocycles. The van der Waals surface area contributed by atoms with Gasteiger partial charge in [-0.15, -0.1) is 0 Å². The molecule has 0 aliphatic heterocycles. The van der Waals surface area contributed by atoms with Crippen LogP contribution in [-0.2, 0) is 0 Å². The number of benzene rings is 2. The smallest absolute Gasteiger partial charge is 0.409 e. The molecule has 0 aliphatic rings. The van der Waals surface area contributed by atoms with Crippen molar-refractivity contribution in [1.82, 2.24) is 0 Å². The fourth-order valence-electron chi connectivity index (χ4n) is 2.21. The van der Waals surface area contributed by atoms with Gasteiger partial charge in [-0.25, -0.2) is 4.79 Å². The number of amides is 1. The van der Waals surface area contributed by atoms with Crippen molar-refractivity contribution in [2.75, 3.05) is 33.8 Å². The Morgan fingerprint density at radius 3 is 1.92 bits per heavy atom. The third-order valence-corrected chi connectivity index (χ3v) is 3.36. The van der Waals surface area contributed by atoms with Crippen molar-refractivity contribution in [2.45, 2.75) is 0 Å². The summed E-state index contributed by atoms with van der Waals surface area (Å²) in [5.74, 6) is 1.72. The van der Waals surface area contributed by atoms with Crippen LogP contribution in [0, 0.1) is 0 Å². The van der Waals surface area contributed by atoms with E-state index in [2.05, 4.69) is 15.5 Å². The summed E-state index contributed by atoms with van der Waals surface area (Å²) in [5.41, 5.74) is 1.17. The van der Waals surface area contributed by atoms with Crippen LogP contribution in [-0.4, -0.2) is 39.6 Å². The first-order chi connectivity index (χ1) is 12.5. The van der Waals surface area contributed by atoms with Gasteiger partial charge < -0.3 is 24.1 Å². The highest BCUT2D eigenvalue weighted by molar-refractivity contribution is 5.86. The maximum Gasteiger partial charge on any atom is 0.409 e. The zero-order valence-corrected chi connectivity index (χ0v) is 14.8. The topological polar surface area (TPSA) is 111 Å². The lowest BCUT2D eigenvalue weighted by Gasteiger charge is -2.12. The minimum absolute atomic E-state index is 0.265. The van der Waals surface area contributed by atoms with Crippen LogP contribution in [0.15, 0.2) is 40.6 Å². The largest absolute Gasteiger partial charge is 0.495 e. The van der Waals surface area contributed by atoms with E-state index in [1.54, 1.807) is 24.3 Å². The van der Waals surface area contributed by atoms with Gasteiger partial charge in [-0.2, -0.15) is 10.2 Å². The van der Waals surface area contributed by atoms with Crippen LogP contribution in [0.3, 0.4) is 0 Å². The van der Waals surface area contributed by atoms with E-state index in [1.165, 1.54) is 34.5 Å². The van der Waals surface area contributed by atoms with Gasteiger partial charge in [0.2, 0.25) is 5.75 Å². The van der Waals surface area contributed by atoms with Crippen molar-refractivity contribution in [3.8, 4) is 23.0 Å². The highest BCUT2D eigenvalue weighted by atomic mass is 16.5. The van der Waals surface area contributed by atoms with E-state index in [4.69, 9.17) is 24.1 Å². The van der Waals surface area contributed by atoms with E-state index >= 15 is 0 Å². The lowest BCUT2D eigenvalue weighted by molar-refractivity contribution is 0.209. The van der Waals surface area contributed by atoms with Gasteiger partial charge in [-0.05, 0) is 18.2 Å². The molecule has 2 rings (SSSR count). The van der Waals surface area contributed by atoms with E-state index in [9.17, 15) is 4.79 Å². The lowest BCUT2D eigenvalue weighted by Crippen LogP contribution is -2.08. The summed E-state index contributed by atoms with van der Waals surface area (Å²) in [6.07, 6.45) is -1.21. The lowest BCUT2D eigenvalue weighted by atomic mass is 10.2. The Morgan fingerprint density at radius 2 is 1.42 bits per heavy atom. The Balaban J connectivity index is 2.36. The summed E-state index contributed by atoms with van der Waals surface area (Å²) < 4.78 is 20.9. The van der Waals surface area contributed by atoms with Gasteiger partial charge in [-0.1, -0.05) is 0 Å². The van der Waals surface area contributed by atoms with Gasteiger partial charge in [0.1, 0.15) is 5.75 Å². The minimum Gasteiger partial charge on any atom is -0.495 e. The van der Waals surface area contributed by atoms with Gasteiger partial charge >= 0.3 is 6.09 Å². The Labute approximate surface area is 150 Å². The van der Waals surface area contributed by atoms with Crippen LogP contribution in [0.4, 0.5) is 21.9 Å². The molecule has 0 fully saturated rings. The van der Waals surface area contributed by atoms with E-state index in [0.717, 1.165) is 0 Å². The van der Waals surface area contributed by atoms with Gasteiger partial charge in [0.05, 0.1) is 45.5 Å². The summed E-state index contributed by atoms with van der Waals surface area (Å²) >= 11 is 0. The van der Waals surface area contributed by atoms with Gasteiger partial charge in [0.25, 0.3) is 0 Å². The van der Waals surface area contributed by atoms with Crippen LogP contribution in [0.25, 0.3) is 0 Å². The first kappa shape index (κ1) is 18.8. The van der Waals surface area contributed by atoms with E-state index in [-0.39, 0.29) is 5.69 Å². The zero-order chi connectivity index (χ0) is 19.1. The molecule has 0 bridgehead atoms. The summed E-state index contributed by atoms with van der Waals surface area (Å²) in [6, 6.07) is 8.03. The van der Waals surface area contributed by atoms with Gasteiger partial charge in [0, 0.05) is 12.1 Å². The fraction of sp³-hybridized carbons (Fsp3) is 0.235. The van der Waals surface area contributed by atoms with Gasteiger partial charge in [-0.3, -0.25) is 5.32 Å². The SMILES string of the molecule is COc1ccc(N=Nc2cc(OC)c(OC)c(OC)c2)cc1NC(=O)O. The predicted octanol–water partition coefficient (Wildman–Crippen LogP) is 4.23. The fourth-order valence-corrected chi connectivity index (χ4v) is 2.21. The maximum atomic E-state index is 10.9. The highest BCUT2D eigenvalue weighted by Crippen LogP contribution is 2.41. The van der Waals surface area contributed by atoms with Crippen LogP contribution in [0.2, 0.25) is 0 Å². The Kier molecular flexibility index (Phi) is 6.20. The average molecular weight is 361 g/mol. The van der Waals surface area contributed by atoms with Crippen molar-refractivity contribution < 1.29 is 28.8 Å². The number of carbonyl (C=O) groups is 1. The normalized spacial score (nSPS) is 10.5. The Hall–Kier alpha value is -3.49. The standard InChI is InChI=1S/C17H19N3O6/c1-23-13-6-5-10(7-12(13)18-17(21)22)19-20-11-8-14(24-2)16(26-4)15(9-11)25-3/h5-9,18H,1-4H3,(H,21,22). The molecular weight excluding hydrogens is 342 g/mol. The first-order valence-corrected chi connectivity index (χ1v) is 7.42. The molecule has 0 saturated heterocycles. The number of methoxy groups -OCH3 is 4. The third-order valence-electron chi connectivity index (χ3n) is 3.36. The van der Waals surface area contributed by atoms with E-state index < -0.39 is 6.09 Å². The third kappa shape index (κ3) is 4.32. The van der Waals surface area contributed by atoms with Crippen LogP contribution in [0.5, 0.6) is 23.0 Å². The van der Waals surface area contributed by atoms with Crippen molar-refractivity contribution in [1.29, 1.82) is 0 Å². The number of ether oxygens (including phenoxy) is 4. The second-order valence-electron chi connectivity index (χ2n) is 4.90. The monoisotopic (exact) mass is 361 g/mol. The molecule has 0 spiro atoms. The second-order valence-corrected chi connectivity index (χ2v) is 4.90. The molecule has 0 atom stereocenters. The molecule has 9 heteroatoms. The minimum atomic E-state index is -1.21. The summed E-state index contributed by atoms with van der Waals surface area (Å²) in [4.78, 5) is 10.9. The molecule has 138 valence electrons. The van der Waals surface area contributed by atoms with E-state index in [0.29, 0.717) is 34.4 Å². The van der Waals surface area contributed by atoms with Crippen molar-refractivity contribution in [3.05, 3.63) is 30.3 Å². The summed E-state index contributed by atoms with van der Waals surface area (Å²) in [5, 5.41) is 19.4. The van der Waals surface area contributed by atoms with Crippen molar-refractivity contribution >= 4 is 23.2 Å². The van der Waals surface area contributed by atoms with Crippen molar-refractivity contribution in [3.63, 3.8) is 0 Å². The molecular formula is C17H19N3O6. The number of nitrogens with one attached hydrogen (secondary N) is 1. The Morgan fingerprint density at radius 1 is 0.846 bits per heavy atom. The number of hydrogen-bond acceptors (Lipinski definition) is 7. The number of nitrogens with zero attached hydrogens (tertiary/aromatic N) is 2. The molecule has 0 radical (unpaired) electrons. The number of carboxylic acid groups (broad SMARTS) is 1. The molecule has 0 heterocycles. The second kappa shape index (κ2) is 8.56. The molecule has 2 N–H and O–H groups in total.